The van der Waals surface area contributed by atoms with Crippen molar-refractivity contribution in [2.45, 2.75) is 25.2 Å². The third kappa shape index (κ3) is 1.61. The average molecular weight is 230 g/mol. The van der Waals surface area contributed by atoms with Gasteiger partial charge in [-0.3, -0.25) is 0 Å². The van der Waals surface area contributed by atoms with Crippen molar-refractivity contribution < 1.29 is 0 Å². The zero-order chi connectivity index (χ0) is 11.2. The van der Waals surface area contributed by atoms with Crippen LogP contribution in [0.15, 0.2) is 29.6 Å². The third-order valence-electron chi connectivity index (χ3n) is 3.20. The van der Waals surface area contributed by atoms with Gasteiger partial charge in [0.15, 0.2) is 0 Å². The van der Waals surface area contributed by atoms with Gasteiger partial charge in [-0.1, -0.05) is 19.1 Å². The number of hydrogen-bond acceptors (Lipinski definition) is 3. The molecular formula is C13H14N2S. The summed E-state index contributed by atoms with van der Waals surface area (Å²) in [7, 11) is 0. The molecule has 1 aromatic heterocycles. The van der Waals surface area contributed by atoms with Crippen molar-refractivity contribution in [3.05, 3.63) is 34.7 Å². The van der Waals surface area contributed by atoms with E-state index in [0.717, 1.165) is 16.9 Å². The zero-order valence-electron chi connectivity index (χ0n) is 9.23. The molecule has 3 rings (SSSR count). The third-order valence-corrected chi connectivity index (χ3v) is 4.35. The second kappa shape index (κ2) is 3.32. The van der Waals surface area contributed by atoms with Gasteiger partial charge in [0.25, 0.3) is 0 Å². The monoisotopic (exact) mass is 230 g/mol. The standard InChI is InChI=1S/C13H14N2S/c1-13(5-6-13)12-15-11(8-16-12)9-3-2-4-10(14)7-9/h2-4,7-8H,5-6,14H2,1H3. The van der Waals surface area contributed by atoms with Gasteiger partial charge in [0.05, 0.1) is 10.7 Å². The van der Waals surface area contributed by atoms with Gasteiger partial charge < -0.3 is 5.73 Å². The first kappa shape index (κ1) is 9.85. The molecule has 1 aliphatic rings. The first-order valence-electron chi connectivity index (χ1n) is 5.49. The highest BCUT2D eigenvalue weighted by molar-refractivity contribution is 7.10. The summed E-state index contributed by atoms with van der Waals surface area (Å²) in [6.45, 7) is 2.29. The minimum atomic E-state index is 0.364. The van der Waals surface area contributed by atoms with Gasteiger partial charge in [-0.25, -0.2) is 4.98 Å². The SMILES string of the molecule is CC1(c2nc(-c3cccc(N)c3)cs2)CC1. The average Bonchev–Trinajstić information content (AvgIpc) is 2.83. The van der Waals surface area contributed by atoms with Crippen LogP contribution in [0.25, 0.3) is 11.3 Å². The number of aromatic nitrogens is 1. The molecule has 1 heterocycles. The molecule has 16 heavy (non-hydrogen) atoms. The van der Waals surface area contributed by atoms with Crippen LogP contribution in [0.3, 0.4) is 0 Å². The van der Waals surface area contributed by atoms with Crippen molar-refractivity contribution in [3.63, 3.8) is 0 Å². The summed E-state index contributed by atoms with van der Waals surface area (Å²) in [6.07, 6.45) is 2.55. The predicted octanol–water partition coefficient (Wildman–Crippen LogP) is 3.44. The number of thiazole rings is 1. The summed E-state index contributed by atoms with van der Waals surface area (Å²) in [5, 5.41) is 3.40. The van der Waals surface area contributed by atoms with Crippen LogP contribution in [-0.2, 0) is 5.41 Å². The first-order valence-corrected chi connectivity index (χ1v) is 6.37. The van der Waals surface area contributed by atoms with Gasteiger partial charge in [0.2, 0.25) is 0 Å². The van der Waals surface area contributed by atoms with Crippen LogP contribution in [0, 0.1) is 0 Å². The van der Waals surface area contributed by atoms with E-state index in [4.69, 9.17) is 10.7 Å². The molecule has 0 spiro atoms. The van der Waals surface area contributed by atoms with Gasteiger partial charge >= 0.3 is 0 Å². The van der Waals surface area contributed by atoms with Gasteiger partial charge in [-0.2, -0.15) is 0 Å². The normalized spacial score (nSPS) is 17.3. The van der Waals surface area contributed by atoms with Crippen LogP contribution >= 0.6 is 11.3 Å². The largest absolute Gasteiger partial charge is 0.399 e. The highest BCUT2D eigenvalue weighted by atomic mass is 32.1. The zero-order valence-corrected chi connectivity index (χ0v) is 10.1. The van der Waals surface area contributed by atoms with E-state index in [2.05, 4.69) is 18.4 Å². The molecule has 2 N–H and O–H groups in total. The molecular weight excluding hydrogens is 216 g/mol. The predicted molar refractivity (Wildman–Crippen MR) is 68.5 cm³/mol. The minimum absolute atomic E-state index is 0.364. The summed E-state index contributed by atoms with van der Waals surface area (Å²) in [5.41, 5.74) is 9.11. The number of nitrogens with two attached hydrogens (primary N) is 1. The van der Waals surface area contributed by atoms with E-state index in [0.29, 0.717) is 5.41 Å². The quantitative estimate of drug-likeness (QED) is 0.803. The van der Waals surface area contributed by atoms with Gasteiger partial charge in [0.1, 0.15) is 0 Å². The lowest BCUT2D eigenvalue weighted by atomic mass is 10.1. The van der Waals surface area contributed by atoms with Gasteiger partial charge in [-0.15, -0.1) is 11.3 Å². The number of hydrogen-bond donors (Lipinski definition) is 1. The Morgan fingerprint density at radius 3 is 2.88 bits per heavy atom. The van der Waals surface area contributed by atoms with Crippen molar-refractivity contribution in [2.75, 3.05) is 5.73 Å². The highest BCUT2D eigenvalue weighted by Gasteiger charge is 2.41. The van der Waals surface area contributed by atoms with Gasteiger partial charge in [0, 0.05) is 22.0 Å². The second-order valence-corrected chi connectivity index (χ2v) is 5.58. The van der Waals surface area contributed by atoms with Crippen molar-refractivity contribution in [1.82, 2.24) is 4.98 Å². The Balaban J connectivity index is 1.98. The number of nitrogen functional groups attached to an aromatic ring is 1. The smallest absolute Gasteiger partial charge is 0.0991 e. The van der Waals surface area contributed by atoms with E-state index in [9.17, 15) is 0 Å². The number of anilines is 1. The molecule has 1 saturated carbocycles. The molecule has 2 nitrogen and oxygen atoms in total. The van der Waals surface area contributed by atoms with E-state index >= 15 is 0 Å². The molecule has 0 saturated heterocycles. The fourth-order valence-corrected chi connectivity index (χ4v) is 2.83. The van der Waals surface area contributed by atoms with Crippen molar-refractivity contribution >= 4 is 17.0 Å². The molecule has 0 amide bonds. The number of rotatable bonds is 2. The van der Waals surface area contributed by atoms with E-state index in [-0.39, 0.29) is 0 Å². The van der Waals surface area contributed by atoms with Crippen molar-refractivity contribution in [3.8, 4) is 11.3 Å². The van der Waals surface area contributed by atoms with E-state index in [1.807, 2.05) is 18.2 Å². The highest BCUT2D eigenvalue weighted by Crippen LogP contribution is 2.49. The van der Waals surface area contributed by atoms with Crippen LogP contribution in [0.1, 0.15) is 24.8 Å². The molecule has 0 bridgehead atoms. The van der Waals surface area contributed by atoms with Gasteiger partial charge in [-0.05, 0) is 25.0 Å². The topological polar surface area (TPSA) is 38.9 Å². The Kier molecular flexibility index (Phi) is 2.04. The second-order valence-electron chi connectivity index (χ2n) is 4.72. The minimum Gasteiger partial charge on any atom is -0.399 e. The molecule has 2 aromatic rings. The molecule has 1 aliphatic carbocycles. The summed E-state index contributed by atoms with van der Waals surface area (Å²) < 4.78 is 0. The lowest BCUT2D eigenvalue weighted by molar-refractivity contribution is 0.778. The maximum Gasteiger partial charge on any atom is 0.0991 e. The number of benzene rings is 1. The van der Waals surface area contributed by atoms with Crippen LogP contribution in [0.2, 0.25) is 0 Å². The maximum absolute atomic E-state index is 5.78. The maximum atomic E-state index is 5.78. The van der Waals surface area contributed by atoms with Crippen LogP contribution < -0.4 is 5.73 Å². The first-order chi connectivity index (χ1) is 7.67. The van der Waals surface area contributed by atoms with Crippen LogP contribution in [0.4, 0.5) is 5.69 Å². The molecule has 82 valence electrons. The van der Waals surface area contributed by atoms with Crippen LogP contribution in [-0.4, -0.2) is 4.98 Å². The summed E-state index contributed by atoms with van der Waals surface area (Å²) >= 11 is 1.77. The lowest BCUT2D eigenvalue weighted by Crippen LogP contribution is -1.98. The molecule has 0 radical (unpaired) electrons. The van der Waals surface area contributed by atoms with E-state index in [1.54, 1.807) is 11.3 Å². The Bertz CT molecular complexity index is 526. The Morgan fingerprint density at radius 1 is 1.38 bits per heavy atom. The summed E-state index contributed by atoms with van der Waals surface area (Å²) in [6, 6.07) is 7.92. The molecule has 0 aliphatic heterocycles. The molecule has 3 heteroatoms. The lowest BCUT2D eigenvalue weighted by Gasteiger charge is -2.01. The van der Waals surface area contributed by atoms with E-state index < -0.39 is 0 Å². The Morgan fingerprint density at radius 2 is 2.19 bits per heavy atom. The Labute approximate surface area is 99.1 Å². The Hall–Kier alpha value is -1.35. The fourth-order valence-electron chi connectivity index (χ4n) is 1.78. The molecule has 0 unspecified atom stereocenters. The van der Waals surface area contributed by atoms with Crippen LogP contribution in [0.5, 0.6) is 0 Å². The van der Waals surface area contributed by atoms with Crippen molar-refractivity contribution in [1.29, 1.82) is 0 Å². The number of nitrogens with zero attached hydrogens (tertiary/aromatic N) is 1. The van der Waals surface area contributed by atoms with E-state index in [1.165, 1.54) is 17.8 Å². The fraction of sp³-hybridized carbons (Fsp3) is 0.308. The summed E-state index contributed by atoms with van der Waals surface area (Å²) in [4.78, 5) is 4.72. The molecule has 1 aromatic carbocycles. The molecule has 0 atom stereocenters. The summed E-state index contributed by atoms with van der Waals surface area (Å²) in [5.74, 6) is 0. The molecule has 1 fully saturated rings. The van der Waals surface area contributed by atoms with Crippen molar-refractivity contribution in [2.24, 2.45) is 0 Å².